The van der Waals surface area contributed by atoms with Gasteiger partial charge >= 0.3 is 11.9 Å². The molecular weight excluding hydrogens is 376 g/mol. The third-order valence-electron chi connectivity index (χ3n) is 6.02. The normalized spacial score (nSPS) is 24.6. The van der Waals surface area contributed by atoms with Crippen molar-refractivity contribution in [3.05, 3.63) is 70.8 Å². The molecule has 4 nitrogen and oxygen atoms in total. The molecule has 30 heavy (non-hydrogen) atoms. The zero-order valence-electron chi connectivity index (χ0n) is 18.6. The first-order chi connectivity index (χ1) is 14.0. The second-order valence-corrected chi connectivity index (χ2v) is 10.5. The Bertz CT molecular complexity index is 865. The van der Waals surface area contributed by atoms with E-state index in [4.69, 9.17) is 9.47 Å². The van der Waals surface area contributed by atoms with E-state index in [9.17, 15) is 9.59 Å². The number of rotatable bonds is 2. The second-order valence-electron chi connectivity index (χ2n) is 10.5. The minimum atomic E-state index is -0.645. The van der Waals surface area contributed by atoms with E-state index in [1.807, 2.05) is 65.8 Å². The molecule has 158 valence electrons. The summed E-state index contributed by atoms with van der Waals surface area (Å²) in [6, 6.07) is 16.5. The Morgan fingerprint density at radius 1 is 0.600 bits per heavy atom. The Labute approximate surface area is 178 Å². The molecule has 3 aliphatic carbocycles. The maximum absolute atomic E-state index is 12.9. The van der Waals surface area contributed by atoms with E-state index in [1.54, 1.807) is 0 Å². The first-order valence-electron chi connectivity index (χ1n) is 10.6. The van der Waals surface area contributed by atoms with Crippen LogP contribution in [0.5, 0.6) is 0 Å². The summed E-state index contributed by atoms with van der Waals surface area (Å²) in [4.78, 5) is 25.8. The summed E-state index contributed by atoms with van der Waals surface area (Å²) in [7, 11) is 0. The quantitative estimate of drug-likeness (QED) is 0.644. The van der Waals surface area contributed by atoms with Crippen LogP contribution in [0, 0.1) is 10.8 Å². The van der Waals surface area contributed by atoms with Crippen LogP contribution in [-0.2, 0) is 19.1 Å². The molecule has 2 aromatic rings. The lowest BCUT2D eigenvalue weighted by Crippen LogP contribution is -2.52. The number of fused-ring (bicyclic) bond motifs is 1. The second kappa shape index (κ2) is 6.97. The van der Waals surface area contributed by atoms with Crippen LogP contribution in [0.15, 0.2) is 48.5 Å². The topological polar surface area (TPSA) is 52.6 Å². The molecule has 5 rings (SSSR count). The average Bonchev–Trinajstić information content (AvgIpc) is 2.67. The van der Waals surface area contributed by atoms with Gasteiger partial charge in [-0.25, -0.2) is 0 Å². The summed E-state index contributed by atoms with van der Waals surface area (Å²) in [5.41, 5.74) is 3.31. The van der Waals surface area contributed by atoms with Crippen molar-refractivity contribution < 1.29 is 19.1 Å². The highest BCUT2D eigenvalue weighted by atomic mass is 16.6. The van der Waals surface area contributed by atoms with Gasteiger partial charge in [0.25, 0.3) is 0 Å². The van der Waals surface area contributed by atoms with Gasteiger partial charge in [0.2, 0.25) is 0 Å². The third kappa shape index (κ3) is 3.32. The van der Waals surface area contributed by atoms with Gasteiger partial charge in [0.1, 0.15) is 0 Å². The zero-order valence-corrected chi connectivity index (χ0v) is 18.6. The van der Waals surface area contributed by atoms with Gasteiger partial charge in [0, 0.05) is 0 Å². The smallest absolute Gasteiger partial charge is 0.311 e. The Kier molecular flexibility index (Phi) is 4.80. The van der Waals surface area contributed by atoms with Gasteiger partial charge in [-0.1, -0.05) is 48.5 Å². The van der Waals surface area contributed by atoms with E-state index < -0.39 is 23.0 Å². The first kappa shape index (κ1) is 20.6. The summed E-state index contributed by atoms with van der Waals surface area (Å²) in [5, 5.41) is 0. The fourth-order valence-corrected chi connectivity index (χ4v) is 4.45. The molecule has 0 aliphatic heterocycles. The maximum atomic E-state index is 12.9. The van der Waals surface area contributed by atoms with Gasteiger partial charge in [-0.2, -0.15) is 0 Å². The predicted molar refractivity (Wildman–Crippen MR) is 115 cm³/mol. The summed E-state index contributed by atoms with van der Waals surface area (Å²) in [6.45, 7) is 11.1. The van der Waals surface area contributed by atoms with Crippen LogP contribution in [0.25, 0.3) is 0 Å². The third-order valence-corrected chi connectivity index (χ3v) is 6.02. The summed E-state index contributed by atoms with van der Waals surface area (Å²) < 4.78 is 12.2. The molecule has 3 aliphatic rings. The van der Waals surface area contributed by atoms with Crippen molar-refractivity contribution in [1.29, 1.82) is 0 Å². The summed E-state index contributed by atoms with van der Waals surface area (Å²) in [6.07, 6.45) is -1.12. The Hall–Kier alpha value is -2.62. The SMILES string of the molecule is CC(C)(C)C(=O)OC1C(OC(=O)C(C)(C)C)[C@H]2c3ccccc3[C@H]1c1ccccc12. The van der Waals surface area contributed by atoms with Gasteiger partial charge in [-0.3, -0.25) is 9.59 Å². The van der Waals surface area contributed by atoms with E-state index in [0.29, 0.717) is 0 Å². The molecule has 0 N–H and O–H groups in total. The minimum Gasteiger partial charge on any atom is -0.457 e. The monoisotopic (exact) mass is 406 g/mol. The summed E-state index contributed by atoms with van der Waals surface area (Å²) in [5.74, 6) is -0.892. The standard InChI is InChI=1S/C26H30O4/c1-25(2,3)23(27)29-21-19-15-11-7-9-13-17(15)20(18-14-10-8-12-16(18)19)22(21)30-24(28)26(4,5)6/h7-14,19-22H,1-6H3/t19-,20-,21?,22?. The molecule has 0 aromatic heterocycles. The van der Waals surface area contributed by atoms with Crippen molar-refractivity contribution in [3.63, 3.8) is 0 Å². The van der Waals surface area contributed by atoms with E-state index in [-0.39, 0.29) is 23.8 Å². The van der Waals surface area contributed by atoms with Crippen LogP contribution in [0.1, 0.15) is 75.6 Å². The van der Waals surface area contributed by atoms with Crippen LogP contribution in [-0.4, -0.2) is 24.1 Å². The molecule has 0 saturated heterocycles. The van der Waals surface area contributed by atoms with Crippen LogP contribution in [0.4, 0.5) is 0 Å². The molecular formula is C26H30O4. The minimum absolute atomic E-state index is 0.161. The molecule has 2 aromatic carbocycles. The molecule has 2 atom stereocenters. The predicted octanol–water partition coefficient (Wildman–Crippen LogP) is 5.19. The van der Waals surface area contributed by atoms with Gasteiger partial charge in [-0.15, -0.1) is 0 Å². The molecule has 0 heterocycles. The highest BCUT2D eigenvalue weighted by Gasteiger charge is 2.54. The lowest BCUT2D eigenvalue weighted by molar-refractivity contribution is -0.182. The largest absolute Gasteiger partial charge is 0.457 e. The van der Waals surface area contributed by atoms with Crippen molar-refractivity contribution in [2.24, 2.45) is 10.8 Å². The lowest BCUT2D eigenvalue weighted by atomic mass is 9.61. The van der Waals surface area contributed by atoms with E-state index >= 15 is 0 Å². The number of hydrogen-bond donors (Lipinski definition) is 0. The van der Waals surface area contributed by atoms with Gasteiger partial charge in [0.15, 0.2) is 12.2 Å². The number of benzene rings is 2. The van der Waals surface area contributed by atoms with Gasteiger partial charge < -0.3 is 9.47 Å². The Morgan fingerprint density at radius 3 is 1.10 bits per heavy atom. The fraction of sp³-hybridized carbons (Fsp3) is 0.462. The number of carbonyl (C=O) groups is 2. The molecule has 0 spiro atoms. The van der Waals surface area contributed by atoms with E-state index in [2.05, 4.69) is 24.3 Å². The van der Waals surface area contributed by atoms with E-state index in [0.717, 1.165) is 22.3 Å². The molecule has 0 amide bonds. The molecule has 0 radical (unpaired) electrons. The van der Waals surface area contributed by atoms with Crippen molar-refractivity contribution >= 4 is 11.9 Å². The van der Waals surface area contributed by atoms with Crippen molar-refractivity contribution in [2.45, 2.75) is 65.6 Å². The molecule has 2 bridgehead atoms. The lowest BCUT2D eigenvalue weighted by Gasteiger charge is -2.49. The number of ether oxygens (including phenoxy) is 2. The van der Waals surface area contributed by atoms with Crippen LogP contribution in [0.2, 0.25) is 0 Å². The highest BCUT2D eigenvalue weighted by molar-refractivity contribution is 5.77. The van der Waals surface area contributed by atoms with Crippen molar-refractivity contribution in [1.82, 2.24) is 0 Å². The Balaban J connectivity index is 1.86. The van der Waals surface area contributed by atoms with Gasteiger partial charge in [0.05, 0.1) is 22.7 Å². The van der Waals surface area contributed by atoms with Crippen molar-refractivity contribution in [3.8, 4) is 0 Å². The number of hydrogen-bond acceptors (Lipinski definition) is 4. The van der Waals surface area contributed by atoms with E-state index in [1.165, 1.54) is 0 Å². The molecule has 4 heteroatoms. The highest BCUT2D eigenvalue weighted by Crippen LogP contribution is 2.55. The zero-order chi connectivity index (χ0) is 21.8. The molecule has 0 saturated carbocycles. The maximum Gasteiger partial charge on any atom is 0.311 e. The van der Waals surface area contributed by atoms with Gasteiger partial charge in [-0.05, 0) is 63.8 Å². The summed E-state index contributed by atoms with van der Waals surface area (Å²) >= 11 is 0. The fourth-order valence-electron chi connectivity index (χ4n) is 4.45. The molecule has 0 fully saturated rings. The van der Waals surface area contributed by atoms with Crippen LogP contribution in [0.3, 0.4) is 0 Å². The van der Waals surface area contributed by atoms with Crippen molar-refractivity contribution in [2.75, 3.05) is 0 Å². The number of esters is 2. The Morgan fingerprint density at radius 2 is 0.867 bits per heavy atom. The van der Waals surface area contributed by atoms with Crippen LogP contribution < -0.4 is 0 Å². The average molecular weight is 407 g/mol. The number of carbonyl (C=O) groups excluding carboxylic acids is 2. The molecule has 2 unspecified atom stereocenters. The first-order valence-corrected chi connectivity index (χ1v) is 10.6. The van der Waals surface area contributed by atoms with Crippen LogP contribution >= 0.6 is 0 Å².